The number of primary amides is 1. The molecule has 1 aromatic carbocycles. The van der Waals surface area contributed by atoms with Crippen LogP contribution in [0.25, 0.3) is 0 Å². The number of nitrogens with two attached hydrogens (primary N) is 1. The van der Waals surface area contributed by atoms with Gasteiger partial charge in [0.15, 0.2) is 0 Å². The molecule has 1 aliphatic rings. The minimum absolute atomic E-state index is 0.109. The van der Waals surface area contributed by atoms with E-state index in [2.05, 4.69) is 22.3 Å². The quantitative estimate of drug-likeness (QED) is 0.863. The molecule has 1 atom stereocenters. The Bertz CT molecular complexity index is 583. The third kappa shape index (κ3) is 5.53. The van der Waals surface area contributed by atoms with Crippen molar-refractivity contribution in [2.45, 2.75) is 51.3 Å². The molecular formula is C18H27N3O3. The van der Waals surface area contributed by atoms with E-state index in [4.69, 9.17) is 10.5 Å². The first kappa shape index (κ1) is 18.3. The second kappa shape index (κ2) is 7.21. The fourth-order valence-corrected chi connectivity index (χ4v) is 3.08. The molecule has 2 rings (SSSR count). The molecule has 1 saturated heterocycles. The molecule has 1 heterocycles. The highest BCUT2D eigenvalue weighted by Gasteiger charge is 2.41. The molecular weight excluding hydrogens is 306 g/mol. The zero-order chi connectivity index (χ0) is 17.8. The first-order valence-electron chi connectivity index (χ1n) is 8.23. The third-order valence-corrected chi connectivity index (χ3v) is 3.96. The number of carbonyl (C=O) groups excluding carboxylic acids is 2. The molecule has 0 aliphatic carbocycles. The molecule has 1 fully saturated rings. The van der Waals surface area contributed by atoms with Crippen LogP contribution in [0.1, 0.15) is 39.2 Å². The highest BCUT2D eigenvalue weighted by Crippen LogP contribution is 2.27. The summed E-state index contributed by atoms with van der Waals surface area (Å²) in [5, 5.41) is 2.89. The molecule has 0 bridgehead atoms. The zero-order valence-electron chi connectivity index (χ0n) is 14.7. The Labute approximate surface area is 143 Å². The number of likely N-dealkylation sites (tertiary alicyclic amines) is 1. The van der Waals surface area contributed by atoms with Crippen LogP contribution in [0, 0.1) is 0 Å². The lowest BCUT2D eigenvalue weighted by Crippen LogP contribution is -2.53. The number of carbonyl (C=O) groups is 2. The zero-order valence-corrected chi connectivity index (χ0v) is 14.7. The molecule has 1 aromatic rings. The minimum Gasteiger partial charge on any atom is -0.444 e. The van der Waals surface area contributed by atoms with Gasteiger partial charge < -0.3 is 15.8 Å². The number of rotatable bonds is 5. The predicted octanol–water partition coefficient (Wildman–Crippen LogP) is 2.03. The highest BCUT2D eigenvalue weighted by molar-refractivity contribution is 5.77. The standard InChI is InChI=1S/C18H27N3O3/c1-17(2,3)24-16(23)20-18(11-15(19)22)9-10-21(13-18)12-14-7-5-4-6-8-14/h4-8H,9-13H2,1-3H3,(H2,19,22)(H,20,23). The van der Waals surface area contributed by atoms with Crippen LogP contribution >= 0.6 is 0 Å². The lowest BCUT2D eigenvalue weighted by Gasteiger charge is -2.31. The number of hydrogen-bond acceptors (Lipinski definition) is 4. The van der Waals surface area contributed by atoms with Crippen molar-refractivity contribution in [2.75, 3.05) is 13.1 Å². The summed E-state index contributed by atoms with van der Waals surface area (Å²) in [5.41, 5.74) is 5.36. The van der Waals surface area contributed by atoms with Crippen molar-refractivity contribution in [2.24, 2.45) is 5.73 Å². The van der Waals surface area contributed by atoms with E-state index in [1.807, 2.05) is 39.0 Å². The summed E-state index contributed by atoms with van der Waals surface area (Å²) in [4.78, 5) is 25.9. The topological polar surface area (TPSA) is 84.7 Å². The second-order valence-corrected chi connectivity index (χ2v) is 7.50. The Balaban J connectivity index is 2.03. The van der Waals surface area contributed by atoms with Crippen LogP contribution in [0.4, 0.5) is 4.79 Å². The van der Waals surface area contributed by atoms with E-state index in [0.717, 1.165) is 13.1 Å². The summed E-state index contributed by atoms with van der Waals surface area (Å²) >= 11 is 0. The van der Waals surface area contributed by atoms with Crippen molar-refractivity contribution < 1.29 is 14.3 Å². The van der Waals surface area contributed by atoms with Crippen LogP contribution in [0.15, 0.2) is 30.3 Å². The minimum atomic E-state index is -0.664. The molecule has 0 radical (unpaired) electrons. The predicted molar refractivity (Wildman–Crippen MR) is 92.2 cm³/mol. The van der Waals surface area contributed by atoms with Gasteiger partial charge in [-0.25, -0.2) is 4.79 Å². The van der Waals surface area contributed by atoms with Gasteiger partial charge in [0.25, 0.3) is 0 Å². The molecule has 0 spiro atoms. The van der Waals surface area contributed by atoms with Crippen molar-refractivity contribution in [3.8, 4) is 0 Å². The average Bonchev–Trinajstić information content (AvgIpc) is 2.79. The number of ether oxygens (including phenoxy) is 1. The van der Waals surface area contributed by atoms with Gasteiger partial charge in [0, 0.05) is 19.6 Å². The molecule has 24 heavy (non-hydrogen) atoms. The van der Waals surface area contributed by atoms with Gasteiger partial charge in [-0.15, -0.1) is 0 Å². The van der Waals surface area contributed by atoms with Gasteiger partial charge in [0.1, 0.15) is 5.60 Å². The maximum atomic E-state index is 12.2. The Morgan fingerprint density at radius 2 is 1.96 bits per heavy atom. The number of alkyl carbamates (subject to hydrolysis) is 1. The van der Waals surface area contributed by atoms with Crippen molar-refractivity contribution >= 4 is 12.0 Å². The first-order valence-corrected chi connectivity index (χ1v) is 8.23. The van der Waals surface area contributed by atoms with Crippen LogP contribution in [0.3, 0.4) is 0 Å². The fraction of sp³-hybridized carbons (Fsp3) is 0.556. The summed E-state index contributed by atoms with van der Waals surface area (Å²) in [6, 6.07) is 10.1. The van der Waals surface area contributed by atoms with E-state index in [9.17, 15) is 9.59 Å². The van der Waals surface area contributed by atoms with E-state index in [1.54, 1.807) is 0 Å². The summed E-state index contributed by atoms with van der Waals surface area (Å²) in [6.45, 7) is 7.57. The van der Waals surface area contributed by atoms with Crippen LogP contribution in [0.5, 0.6) is 0 Å². The van der Waals surface area contributed by atoms with Gasteiger partial charge in [0.05, 0.1) is 12.0 Å². The van der Waals surface area contributed by atoms with Crippen LogP contribution in [-0.2, 0) is 16.1 Å². The molecule has 0 saturated carbocycles. The number of nitrogens with zero attached hydrogens (tertiary/aromatic N) is 1. The maximum absolute atomic E-state index is 12.2. The Morgan fingerprint density at radius 1 is 1.29 bits per heavy atom. The van der Waals surface area contributed by atoms with Gasteiger partial charge >= 0.3 is 6.09 Å². The van der Waals surface area contributed by atoms with Gasteiger partial charge in [-0.2, -0.15) is 0 Å². The summed E-state index contributed by atoms with van der Waals surface area (Å²) in [7, 11) is 0. The fourth-order valence-electron chi connectivity index (χ4n) is 3.08. The molecule has 132 valence electrons. The third-order valence-electron chi connectivity index (χ3n) is 3.96. The molecule has 6 nitrogen and oxygen atoms in total. The van der Waals surface area contributed by atoms with Gasteiger partial charge in [0.2, 0.25) is 5.91 Å². The van der Waals surface area contributed by atoms with Crippen molar-refractivity contribution in [1.29, 1.82) is 0 Å². The molecule has 3 N–H and O–H groups in total. The van der Waals surface area contributed by atoms with E-state index < -0.39 is 23.1 Å². The van der Waals surface area contributed by atoms with E-state index in [0.29, 0.717) is 13.0 Å². The van der Waals surface area contributed by atoms with Crippen molar-refractivity contribution in [3.05, 3.63) is 35.9 Å². The largest absolute Gasteiger partial charge is 0.444 e. The number of nitrogens with one attached hydrogen (secondary N) is 1. The van der Waals surface area contributed by atoms with E-state index >= 15 is 0 Å². The number of amides is 2. The molecule has 2 amide bonds. The molecule has 6 heteroatoms. The van der Waals surface area contributed by atoms with Gasteiger partial charge in [-0.3, -0.25) is 9.69 Å². The Kier molecular flexibility index (Phi) is 5.49. The summed E-state index contributed by atoms with van der Waals surface area (Å²) in [5.74, 6) is -0.424. The lowest BCUT2D eigenvalue weighted by atomic mass is 9.94. The Morgan fingerprint density at radius 3 is 2.54 bits per heavy atom. The van der Waals surface area contributed by atoms with Crippen LogP contribution in [-0.4, -0.2) is 41.1 Å². The van der Waals surface area contributed by atoms with Crippen LogP contribution in [0.2, 0.25) is 0 Å². The second-order valence-electron chi connectivity index (χ2n) is 7.50. The summed E-state index contributed by atoms with van der Waals surface area (Å²) in [6.07, 6.45) is 0.268. The Hall–Kier alpha value is -2.08. The van der Waals surface area contributed by atoms with E-state index in [1.165, 1.54) is 5.56 Å². The average molecular weight is 333 g/mol. The highest BCUT2D eigenvalue weighted by atomic mass is 16.6. The van der Waals surface area contributed by atoms with E-state index in [-0.39, 0.29) is 6.42 Å². The smallest absolute Gasteiger partial charge is 0.408 e. The lowest BCUT2D eigenvalue weighted by molar-refractivity contribution is -0.119. The van der Waals surface area contributed by atoms with Gasteiger partial charge in [-0.1, -0.05) is 30.3 Å². The number of benzene rings is 1. The van der Waals surface area contributed by atoms with Crippen molar-refractivity contribution in [3.63, 3.8) is 0 Å². The maximum Gasteiger partial charge on any atom is 0.408 e. The van der Waals surface area contributed by atoms with Crippen molar-refractivity contribution in [1.82, 2.24) is 10.2 Å². The first-order chi connectivity index (χ1) is 11.2. The SMILES string of the molecule is CC(C)(C)OC(=O)NC1(CC(N)=O)CCN(Cc2ccccc2)C1. The normalized spacial score (nSPS) is 21.5. The molecule has 1 unspecified atom stereocenters. The van der Waals surface area contributed by atoms with Crippen LogP contribution < -0.4 is 11.1 Å². The molecule has 0 aromatic heterocycles. The monoisotopic (exact) mass is 333 g/mol. The van der Waals surface area contributed by atoms with Gasteiger partial charge in [-0.05, 0) is 32.8 Å². The number of hydrogen-bond donors (Lipinski definition) is 2. The molecule has 1 aliphatic heterocycles. The summed E-state index contributed by atoms with van der Waals surface area (Å²) < 4.78 is 5.34.